The summed E-state index contributed by atoms with van der Waals surface area (Å²) in [5.74, 6) is -7.53. The lowest BCUT2D eigenvalue weighted by molar-refractivity contribution is -0.145. The van der Waals surface area contributed by atoms with Crippen molar-refractivity contribution in [2.24, 2.45) is 0 Å². The van der Waals surface area contributed by atoms with Crippen LogP contribution in [0.4, 0.5) is 0 Å². The van der Waals surface area contributed by atoms with Gasteiger partial charge >= 0.3 is 156 Å². The van der Waals surface area contributed by atoms with E-state index in [0.29, 0.717) is 101 Å². The highest BCUT2D eigenvalue weighted by atomic mass is 16.6. The average Bonchev–Trinajstić information content (AvgIpc) is 0.780. The predicted octanol–water partition coefficient (Wildman–Crippen LogP) is -16.1. The largest absolute Gasteiger partial charge is 0.469 e. The van der Waals surface area contributed by atoms with Crippen molar-refractivity contribution in [2.75, 3.05) is 114 Å². The number of hydrogen-bond donors (Lipinski definition) is 8. The molecule has 62 nitrogen and oxygen atoms in total. The number of carbonyl (C=O) groups is 9. The maximum absolute atomic E-state index is 13.1. The number of aliphatic hydroxyl groups is 8. The molecule has 0 saturated heterocycles. The summed E-state index contributed by atoms with van der Waals surface area (Å²) in [6, 6.07) is 0. The van der Waals surface area contributed by atoms with Gasteiger partial charge in [0.2, 0.25) is 0 Å². The Morgan fingerprint density at radius 3 is 0.471 bits per heavy atom. The quantitative estimate of drug-likeness (QED) is 0.00998. The van der Waals surface area contributed by atoms with E-state index in [1.807, 2.05) is 6.92 Å². The Balaban J connectivity index is 0.000000432. The normalized spacial score (nSPS) is 11.0. The fourth-order valence-corrected chi connectivity index (χ4v) is 12.3. The average molecular weight is 1980 g/mol. The van der Waals surface area contributed by atoms with E-state index in [4.69, 9.17) is 48.8 Å². The van der Waals surface area contributed by atoms with E-state index >= 15 is 0 Å². The van der Waals surface area contributed by atoms with Crippen LogP contribution in [0.1, 0.15) is 90.4 Å². The van der Waals surface area contributed by atoms with Gasteiger partial charge in [0.05, 0.1) is 197 Å². The zero-order chi connectivity index (χ0) is 103. The molecule has 0 aliphatic carbocycles. The van der Waals surface area contributed by atoms with Crippen molar-refractivity contribution in [3.63, 3.8) is 0 Å². The van der Waals surface area contributed by atoms with Gasteiger partial charge in [0.25, 0.3) is 0 Å². The molecule has 6 aromatic heterocycles. The summed E-state index contributed by atoms with van der Waals surface area (Å²) in [5, 5.41) is 72.6. The summed E-state index contributed by atoms with van der Waals surface area (Å²) in [7, 11) is 3.28. The molecule has 138 heavy (non-hydrogen) atoms. The highest BCUT2D eigenvalue weighted by Crippen LogP contribution is 2.01. The predicted molar refractivity (Wildman–Crippen MR) is 460 cm³/mol. The number of rotatable bonds is 57. The van der Waals surface area contributed by atoms with Gasteiger partial charge in [-0.3, -0.25) is 43.2 Å². The van der Waals surface area contributed by atoms with Crippen molar-refractivity contribution >= 4 is 53.7 Å². The molecule has 6 heterocycles. The molecule has 8 N–H and O–H groups in total. The van der Waals surface area contributed by atoms with Gasteiger partial charge in [-0.15, -0.1) is 0 Å². The Hall–Kier alpha value is -14.6. The second-order valence-corrected chi connectivity index (χ2v) is 28.5. The lowest BCUT2D eigenvalue weighted by Crippen LogP contribution is -2.55. The highest BCUT2D eigenvalue weighted by Gasteiger charge is 2.26. The summed E-state index contributed by atoms with van der Waals surface area (Å²) in [4.78, 5) is 338. The topological polar surface area (TPSA) is 795 Å². The first-order chi connectivity index (χ1) is 65.8. The van der Waals surface area contributed by atoms with Crippen molar-refractivity contribution in [3.8, 4) is 0 Å². The number of esters is 9. The van der Waals surface area contributed by atoms with Crippen LogP contribution in [-0.4, -0.2) is 291 Å². The molecular formula is C76H110N18O44. The van der Waals surface area contributed by atoms with Crippen LogP contribution in [0.3, 0.4) is 0 Å². The Morgan fingerprint density at radius 1 is 0.174 bits per heavy atom. The number of methoxy groups -OCH3 is 3. The molecule has 0 aliphatic heterocycles. The van der Waals surface area contributed by atoms with Crippen LogP contribution < -0.4 is 102 Å². The van der Waals surface area contributed by atoms with Crippen molar-refractivity contribution in [1.29, 1.82) is 0 Å². The highest BCUT2D eigenvalue weighted by molar-refractivity contribution is 5.72. The Kier molecular flexibility index (Phi) is 49.7. The molecule has 0 amide bonds. The smallest absolute Gasteiger partial charge is 0.336 e. The molecule has 62 heteroatoms. The second kappa shape index (κ2) is 59.3. The van der Waals surface area contributed by atoms with Crippen LogP contribution in [-0.2, 0) is 204 Å². The summed E-state index contributed by atoms with van der Waals surface area (Å²) < 4.78 is 53.5. The van der Waals surface area contributed by atoms with Gasteiger partial charge in [0.1, 0.15) is 26.4 Å². The Labute approximate surface area is 770 Å². The number of nitrogens with zero attached hydrogens (tertiary/aromatic N) is 18. The van der Waals surface area contributed by atoms with Crippen LogP contribution in [0.5, 0.6) is 0 Å². The Morgan fingerprint density at radius 2 is 0.319 bits per heavy atom. The molecule has 0 fully saturated rings. The van der Waals surface area contributed by atoms with E-state index in [1.165, 1.54) is 0 Å². The van der Waals surface area contributed by atoms with Gasteiger partial charge in [0, 0.05) is 65.5 Å². The fourth-order valence-electron chi connectivity index (χ4n) is 12.3. The first-order valence-electron chi connectivity index (χ1n) is 42.5. The van der Waals surface area contributed by atoms with Crippen LogP contribution in [0.25, 0.3) is 0 Å². The molecule has 0 unspecified atom stereocenters. The van der Waals surface area contributed by atoms with Gasteiger partial charge in [-0.1, -0.05) is 13.3 Å². The van der Waals surface area contributed by atoms with E-state index in [9.17, 15) is 150 Å². The molecule has 0 atom stereocenters. The van der Waals surface area contributed by atoms with Crippen LogP contribution in [0.15, 0.2) is 86.3 Å². The van der Waals surface area contributed by atoms with Crippen molar-refractivity contribution in [1.82, 2.24) is 82.2 Å². The summed E-state index contributed by atoms with van der Waals surface area (Å²) in [6.07, 6.45) is -2.16. The fraction of sp³-hybridized carbons (Fsp3) is 0.645. The third-order valence-corrected chi connectivity index (χ3v) is 19.5. The molecule has 6 rings (SSSR count). The van der Waals surface area contributed by atoms with E-state index < -0.39 is 391 Å². The van der Waals surface area contributed by atoms with Gasteiger partial charge in [0.15, 0.2) is 0 Å². The van der Waals surface area contributed by atoms with Crippen molar-refractivity contribution < 1.29 is 127 Å². The zero-order valence-corrected chi connectivity index (χ0v) is 75.6. The zero-order valence-electron chi connectivity index (χ0n) is 75.6. The lowest BCUT2D eigenvalue weighted by atomic mass is 10.3. The molecule has 6 aromatic rings. The number of aromatic nitrogens is 18. The van der Waals surface area contributed by atoms with Crippen molar-refractivity contribution in [3.05, 3.63) is 189 Å². The first kappa shape index (κ1) is 116. The third kappa shape index (κ3) is 32.8. The summed E-state index contributed by atoms with van der Waals surface area (Å²) in [5.41, 5.74) is -19.9. The minimum Gasteiger partial charge on any atom is -0.469 e. The molecule has 0 saturated carbocycles. The minimum absolute atomic E-state index is 0.000694. The molecule has 0 aromatic carbocycles. The summed E-state index contributed by atoms with van der Waals surface area (Å²) in [6.45, 7) is -13.1. The van der Waals surface area contributed by atoms with Gasteiger partial charge in [-0.25, -0.2) is 169 Å². The van der Waals surface area contributed by atoms with Gasteiger partial charge < -0.3 is 83.5 Å². The van der Waals surface area contributed by atoms with E-state index in [1.54, 1.807) is 0 Å². The van der Waals surface area contributed by atoms with E-state index in [-0.39, 0.29) is 32.8 Å². The van der Waals surface area contributed by atoms with Crippen LogP contribution in [0, 0.1) is 0 Å². The monoisotopic (exact) mass is 1980 g/mol. The number of hydrogen-bond acceptors (Lipinski definition) is 44. The molecule has 0 aliphatic rings. The number of ether oxygens (including phenoxy) is 9. The van der Waals surface area contributed by atoms with E-state index in [0.717, 1.165) is 27.8 Å². The standard InChI is InChI=1S/C26H38N6O15.C26H38N6O14.C24H34N6O15/c1-45-18(36)4-7-27-21(39)28(8-5-19(37)46-16-3-2-13-33)23(41)29(22(27)40)9-6-20(38)47-17-12-32-25(43)30(10-14-34)24(42)31(11-15-35)26(32)44;1-3-4-16-45-19(36)6-9-28-21(38)27(8-5-18(35)44-2)22(39)29(23(28)40)10-7-20(37)46-17-13-32-25(42)30(11-14-33)24(41)31(12-15-34)26(32)43;1-43-16(34)2-5-25-19(37)26(21(39)27(20(25)38)7-4-18(36)45-15-13-33)6-3-17(35)44-14-10-30-23(41)28(8-11-31)22(40)29(9-12-32)24(30)42/h33-35H,2-17H2,1H3;33-34H,3-17H2,1-2H3;31-33H,2-15H2,1H3. The lowest BCUT2D eigenvalue weighted by Gasteiger charge is -2.14. The number of unbranched alkanes of at least 4 members (excludes halogenated alkanes) is 2. The number of aliphatic hydroxyl groups excluding tert-OH is 8. The van der Waals surface area contributed by atoms with E-state index in [2.05, 4.69) is 14.2 Å². The maximum atomic E-state index is 13.1. The maximum Gasteiger partial charge on any atom is 0.336 e. The van der Waals surface area contributed by atoms with Crippen LogP contribution in [0.2, 0.25) is 0 Å². The van der Waals surface area contributed by atoms with Crippen LogP contribution >= 0.6 is 0 Å². The number of carbonyl (C=O) groups excluding carboxylic acids is 9. The molecular weight excluding hydrogens is 1870 g/mol. The molecule has 0 bridgehead atoms. The SMILES string of the molecule is CCCCOC(=O)CCn1c(=O)n(CCC(=O)OC)c(=O)n(CCC(=O)OCCn2c(=O)n(CCO)c(=O)n(CCO)c2=O)c1=O.COC(=O)CCn1c(=O)n(CCC(=O)OCCCCO)c(=O)n(CCC(=O)OCCn2c(=O)n(CCO)c(=O)n(CCO)c2=O)c1=O.COC(=O)CCn1c(=O)n(CCC(=O)OCCO)c(=O)n(CCC(=O)OCCn2c(=O)n(CCO)c(=O)n(CCO)c2=O)c1=O. The molecule has 768 valence electrons. The van der Waals surface area contributed by atoms with Crippen molar-refractivity contribution in [2.45, 2.75) is 208 Å². The summed E-state index contributed by atoms with van der Waals surface area (Å²) >= 11 is 0. The molecule has 0 radical (unpaired) electrons. The van der Waals surface area contributed by atoms with Gasteiger partial charge in [-0.05, 0) is 19.3 Å². The first-order valence-corrected chi connectivity index (χ1v) is 42.5. The Bertz CT molecular complexity index is 6310. The minimum atomic E-state index is -1.18. The third-order valence-electron chi connectivity index (χ3n) is 19.5. The van der Waals surface area contributed by atoms with Gasteiger partial charge in [-0.2, -0.15) is 0 Å². The second-order valence-electron chi connectivity index (χ2n) is 28.5. The molecule has 0 spiro atoms.